The zero-order chi connectivity index (χ0) is 20.5. The first-order valence-electron chi connectivity index (χ1n) is 10.0. The lowest BCUT2D eigenvalue weighted by molar-refractivity contribution is 0.0709. The average molecular weight is 419 g/mol. The van der Waals surface area contributed by atoms with Crippen molar-refractivity contribution in [2.24, 2.45) is 0 Å². The van der Waals surface area contributed by atoms with Gasteiger partial charge in [-0.25, -0.2) is 9.50 Å². The third-order valence-electron chi connectivity index (χ3n) is 5.56. The van der Waals surface area contributed by atoms with E-state index in [1.165, 1.54) is 11.3 Å². The summed E-state index contributed by atoms with van der Waals surface area (Å²) < 4.78 is 7.17. The van der Waals surface area contributed by atoms with Crippen molar-refractivity contribution in [2.75, 3.05) is 20.2 Å². The number of pyridine rings is 1. The maximum absolute atomic E-state index is 12.7. The van der Waals surface area contributed by atoms with Crippen molar-refractivity contribution in [3.63, 3.8) is 0 Å². The van der Waals surface area contributed by atoms with Crippen molar-refractivity contribution < 1.29 is 9.53 Å². The average Bonchev–Trinajstić information content (AvgIpc) is 3.48. The summed E-state index contributed by atoms with van der Waals surface area (Å²) in [5.74, 6) is 1.90. The van der Waals surface area contributed by atoms with Crippen molar-refractivity contribution in [3.05, 3.63) is 70.8 Å². The first-order valence-corrected chi connectivity index (χ1v) is 10.9. The predicted octanol–water partition coefficient (Wildman–Crippen LogP) is 4.49. The largest absolute Gasteiger partial charge is 0.497 e. The van der Waals surface area contributed by atoms with Gasteiger partial charge in [0.05, 0.1) is 12.0 Å². The van der Waals surface area contributed by atoms with Crippen LogP contribution in [0.2, 0.25) is 0 Å². The Balaban J connectivity index is 1.40. The van der Waals surface area contributed by atoms with Crippen LogP contribution in [0.5, 0.6) is 5.75 Å². The van der Waals surface area contributed by atoms with Gasteiger partial charge >= 0.3 is 0 Å². The second kappa shape index (κ2) is 7.91. The van der Waals surface area contributed by atoms with E-state index in [4.69, 9.17) is 14.8 Å². The van der Waals surface area contributed by atoms with Gasteiger partial charge in [-0.2, -0.15) is 5.10 Å². The summed E-state index contributed by atoms with van der Waals surface area (Å²) in [7, 11) is 1.67. The molecule has 30 heavy (non-hydrogen) atoms. The normalized spacial score (nSPS) is 16.7. The van der Waals surface area contributed by atoms with E-state index in [1.807, 2.05) is 57.4 Å². The second-order valence-corrected chi connectivity index (χ2v) is 8.44. The molecular formula is C23H22N4O2S. The number of fused-ring (bicyclic) bond motifs is 1. The summed E-state index contributed by atoms with van der Waals surface area (Å²) in [6.07, 6.45) is 3.96. The van der Waals surface area contributed by atoms with Crippen LogP contribution >= 0.6 is 11.3 Å². The molecule has 3 aromatic heterocycles. The van der Waals surface area contributed by atoms with Gasteiger partial charge in [-0.15, -0.1) is 11.3 Å². The predicted molar refractivity (Wildman–Crippen MR) is 117 cm³/mol. The summed E-state index contributed by atoms with van der Waals surface area (Å²) in [6.45, 7) is 1.46. The lowest BCUT2D eigenvalue weighted by Crippen LogP contribution is -2.39. The first kappa shape index (κ1) is 18.8. The minimum Gasteiger partial charge on any atom is -0.497 e. The molecule has 1 aliphatic heterocycles. The molecule has 0 bridgehead atoms. The maximum atomic E-state index is 12.7. The Labute approximate surface area is 178 Å². The molecule has 0 unspecified atom stereocenters. The molecule has 7 heteroatoms. The summed E-state index contributed by atoms with van der Waals surface area (Å²) in [5, 5.41) is 6.70. The third kappa shape index (κ3) is 3.57. The van der Waals surface area contributed by atoms with Crippen LogP contribution in [0.25, 0.3) is 16.8 Å². The van der Waals surface area contributed by atoms with E-state index in [-0.39, 0.29) is 11.8 Å². The molecule has 0 spiro atoms. The number of amides is 1. The third-order valence-corrected chi connectivity index (χ3v) is 6.41. The van der Waals surface area contributed by atoms with Gasteiger partial charge in [0.15, 0.2) is 11.5 Å². The number of carbonyl (C=O) groups excluding carboxylic acids is 1. The Kier molecular flexibility index (Phi) is 4.96. The Hall–Kier alpha value is -3.19. The number of hydrogen-bond donors (Lipinski definition) is 0. The lowest BCUT2D eigenvalue weighted by atomic mass is 9.97. The molecule has 1 fully saturated rings. The van der Waals surface area contributed by atoms with Crippen molar-refractivity contribution >= 4 is 22.9 Å². The van der Waals surface area contributed by atoms with Crippen LogP contribution in [0, 0.1) is 0 Å². The molecule has 0 saturated carbocycles. The monoisotopic (exact) mass is 418 g/mol. The lowest BCUT2D eigenvalue weighted by Gasteiger charge is -2.31. The molecule has 1 saturated heterocycles. The fourth-order valence-electron chi connectivity index (χ4n) is 3.98. The fourth-order valence-corrected chi connectivity index (χ4v) is 4.67. The molecule has 1 aliphatic rings. The van der Waals surface area contributed by atoms with Crippen LogP contribution in [0.15, 0.2) is 60.1 Å². The van der Waals surface area contributed by atoms with Crippen molar-refractivity contribution in [1.82, 2.24) is 19.5 Å². The van der Waals surface area contributed by atoms with Gasteiger partial charge in [-0.3, -0.25) is 4.79 Å². The molecule has 0 N–H and O–H groups in total. The molecule has 0 radical (unpaired) electrons. The number of ether oxygens (including phenoxy) is 1. The first-order chi connectivity index (χ1) is 14.7. The topological polar surface area (TPSA) is 59.7 Å². The molecule has 152 valence electrons. The van der Waals surface area contributed by atoms with E-state index in [2.05, 4.69) is 12.1 Å². The number of carbonyl (C=O) groups is 1. The van der Waals surface area contributed by atoms with E-state index in [1.54, 1.807) is 7.11 Å². The summed E-state index contributed by atoms with van der Waals surface area (Å²) in [5.41, 5.74) is 2.94. The zero-order valence-electron chi connectivity index (χ0n) is 16.7. The van der Waals surface area contributed by atoms with E-state index >= 15 is 0 Å². The molecule has 1 aromatic carbocycles. The van der Waals surface area contributed by atoms with Crippen LogP contribution in [-0.4, -0.2) is 45.6 Å². The molecular weight excluding hydrogens is 396 g/mol. The number of piperidine rings is 1. The van der Waals surface area contributed by atoms with Gasteiger partial charge in [0.1, 0.15) is 5.75 Å². The van der Waals surface area contributed by atoms with Crippen molar-refractivity contribution in [3.8, 4) is 16.9 Å². The number of benzene rings is 1. The van der Waals surface area contributed by atoms with Gasteiger partial charge < -0.3 is 9.64 Å². The van der Waals surface area contributed by atoms with E-state index in [0.29, 0.717) is 6.54 Å². The van der Waals surface area contributed by atoms with Gasteiger partial charge in [0.2, 0.25) is 0 Å². The van der Waals surface area contributed by atoms with E-state index in [9.17, 15) is 4.79 Å². The van der Waals surface area contributed by atoms with Crippen LogP contribution in [0.4, 0.5) is 0 Å². The highest BCUT2D eigenvalue weighted by Gasteiger charge is 2.28. The molecule has 1 amide bonds. The van der Waals surface area contributed by atoms with Crippen LogP contribution in [-0.2, 0) is 0 Å². The Bertz CT molecular complexity index is 1190. The van der Waals surface area contributed by atoms with Crippen LogP contribution < -0.4 is 4.74 Å². The standard InChI is InChI=1S/C23H22N4O2S/c1-29-19-7-2-5-16(13-19)17-9-10-21-24-22(25-27(21)15-17)18-6-3-11-26(14-18)23(28)20-8-4-12-30-20/h2,4-5,7-10,12-13,15,18H,3,6,11,14H2,1H3/t18-/m1/s1. The number of rotatable bonds is 4. The molecule has 4 heterocycles. The zero-order valence-corrected chi connectivity index (χ0v) is 17.5. The minimum absolute atomic E-state index is 0.110. The number of hydrogen-bond acceptors (Lipinski definition) is 5. The van der Waals surface area contributed by atoms with E-state index in [0.717, 1.165) is 52.6 Å². The summed E-state index contributed by atoms with van der Waals surface area (Å²) in [6, 6.07) is 15.8. The summed E-state index contributed by atoms with van der Waals surface area (Å²) >= 11 is 1.49. The van der Waals surface area contributed by atoms with Gasteiger partial charge in [-0.05, 0) is 54.1 Å². The molecule has 4 aromatic rings. The van der Waals surface area contributed by atoms with Gasteiger partial charge in [0, 0.05) is 30.8 Å². The summed E-state index contributed by atoms with van der Waals surface area (Å²) in [4.78, 5) is 20.2. The quantitative estimate of drug-likeness (QED) is 0.490. The number of likely N-dealkylation sites (tertiary alicyclic amines) is 1. The maximum Gasteiger partial charge on any atom is 0.263 e. The van der Waals surface area contributed by atoms with E-state index < -0.39 is 0 Å². The Morgan fingerprint density at radius 2 is 2.10 bits per heavy atom. The smallest absolute Gasteiger partial charge is 0.263 e. The molecule has 6 nitrogen and oxygen atoms in total. The van der Waals surface area contributed by atoms with Gasteiger partial charge in [0.25, 0.3) is 5.91 Å². The van der Waals surface area contributed by atoms with Crippen molar-refractivity contribution in [1.29, 1.82) is 0 Å². The van der Waals surface area contributed by atoms with Crippen molar-refractivity contribution in [2.45, 2.75) is 18.8 Å². The Morgan fingerprint density at radius 3 is 2.93 bits per heavy atom. The molecule has 1 atom stereocenters. The highest BCUT2D eigenvalue weighted by molar-refractivity contribution is 7.12. The highest BCUT2D eigenvalue weighted by atomic mass is 32.1. The number of thiophene rings is 1. The molecule has 0 aliphatic carbocycles. The Morgan fingerprint density at radius 1 is 1.17 bits per heavy atom. The minimum atomic E-state index is 0.110. The SMILES string of the molecule is COc1cccc(-c2ccc3nc([C@@H]4CCCN(C(=O)c5cccs5)C4)nn3c2)c1. The number of nitrogens with zero attached hydrogens (tertiary/aromatic N) is 4. The van der Waals surface area contributed by atoms with Crippen LogP contribution in [0.3, 0.4) is 0 Å². The highest BCUT2D eigenvalue weighted by Crippen LogP contribution is 2.28. The fraction of sp³-hybridized carbons (Fsp3) is 0.261. The molecule has 5 rings (SSSR count). The van der Waals surface area contributed by atoms with Gasteiger partial charge in [-0.1, -0.05) is 18.2 Å². The van der Waals surface area contributed by atoms with Crippen LogP contribution in [0.1, 0.15) is 34.3 Å². The number of aromatic nitrogens is 3. The number of methoxy groups -OCH3 is 1. The second-order valence-electron chi connectivity index (χ2n) is 7.49.